The lowest BCUT2D eigenvalue weighted by molar-refractivity contribution is 0.0730. The van der Waals surface area contributed by atoms with E-state index in [1.54, 1.807) is 36.8 Å². The minimum Gasteiger partial charge on any atom is -0.492 e. The summed E-state index contributed by atoms with van der Waals surface area (Å²) in [5.41, 5.74) is 1.65. The zero-order valence-electron chi connectivity index (χ0n) is 18.1. The zero-order chi connectivity index (χ0) is 23.1. The van der Waals surface area contributed by atoms with Crippen LogP contribution in [0.4, 0.5) is 0 Å². The van der Waals surface area contributed by atoms with E-state index in [4.69, 9.17) is 9.47 Å². The molecule has 1 amide bonds. The Morgan fingerprint density at radius 3 is 2.45 bits per heavy atom. The third-order valence-corrected chi connectivity index (χ3v) is 7.14. The third kappa shape index (κ3) is 5.98. The Labute approximate surface area is 193 Å². The van der Waals surface area contributed by atoms with E-state index in [0.29, 0.717) is 50.7 Å². The van der Waals surface area contributed by atoms with Crippen molar-refractivity contribution >= 4 is 15.9 Å². The number of benzene rings is 2. The number of hydrogen-bond acceptors (Lipinski definition) is 6. The van der Waals surface area contributed by atoms with Gasteiger partial charge in [0.05, 0.1) is 31.0 Å². The minimum absolute atomic E-state index is 0.181. The molecule has 1 aliphatic heterocycles. The molecular weight excluding hydrogens is 444 g/mol. The van der Waals surface area contributed by atoms with Gasteiger partial charge >= 0.3 is 0 Å². The van der Waals surface area contributed by atoms with Gasteiger partial charge < -0.3 is 19.4 Å². The fourth-order valence-corrected chi connectivity index (χ4v) is 4.84. The van der Waals surface area contributed by atoms with Crippen LogP contribution in [0, 0.1) is 0 Å². The summed E-state index contributed by atoms with van der Waals surface area (Å²) in [5, 5.41) is 2.82. The maximum Gasteiger partial charge on any atom is 0.251 e. The van der Waals surface area contributed by atoms with Crippen LogP contribution >= 0.6 is 0 Å². The zero-order valence-corrected chi connectivity index (χ0v) is 18.9. The van der Waals surface area contributed by atoms with Gasteiger partial charge in [-0.2, -0.15) is 4.31 Å². The van der Waals surface area contributed by atoms with Crippen LogP contribution in [0.1, 0.15) is 15.9 Å². The Morgan fingerprint density at radius 1 is 1.06 bits per heavy atom. The fraction of sp³-hybridized carbons (Fsp3) is 0.304. The van der Waals surface area contributed by atoms with E-state index in [0.717, 1.165) is 5.56 Å². The van der Waals surface area contributed by atoms with E-state index < -0.39 is 10.0 Å². The van der Waals surface area contributed by atoms with E-state index in [-0.39, 0.29) is 17.4 Å². The van der Waals surface area contributed by atoms with Crippen LogP contribution in [-0.4, -0.2) is 67.6 Å². The third-order valence-electron chi connectivity index (χ3n) is 5.23. The van der Waals surface area contributed by atoms with Crippen LogP contribution in [0.25, 0.3) is 0 Å². The molecule has 1 fully saturated rings. The Bertz CT molecular complexity index is 1140. The first kappa shape index (κ1) is 23.0. The van der Waals surface area contributed by atoms with Crippen molar-refractivity contribution in [3.05, 3.63) is 78.4 Å². The molecule has 1 N–H and O–H groups in total. The summed E-state index contributed by atoms with van der Waals surface area (Å²) >= 11 is 0. The second kappa shape index (κ2) is 10.6. The number of carbonyl (C=O) groups is 1. The van der Waals surface area contributed by atoms with Crippen LogP contribution in [0.3, 0.4) is 0 Å². The van der Waals surface area contributed by atoms with E-state index >= 15 is 0 Å². The first-order valence-electron chi connectivity index (χ1n) is 10.7. The molecule has 0 spiro atoms. The SMILES string of the molecule is O=C(NCCOc1ccc(S(=O)(=O)N2CCOCC2)cc1)c1ccc(Cn2ccnc2)cc1. The quantitative estimate of drug-likeness (QED) is 0.478. The van der Waals surface area contributed by atoms with Gasteiger partial charge in [0.15, 0.2) is 0 Å². The lowest BCUT2D eigenvalue weighted by Crippen LogP contribution is -2.40. The van der Waals surface area contributed by atoms with Crippen LogP contribution in [0.15, 0.2) is 72.1 Å². The number of nitrogens with one attached hydrogen (secondary N) is 1. The lowest BCUT2D eigenvalue weighted by atomic mass is 10.1. The molecule has 0 unspecified atom stereocenters. The van der Waals surface area contributed by atoms with Crippen molar-refractivity contribution in [2.45, 2.75) is 11.4 Å². The number of sulfonamides is 1. The monoisotopic (exact) mass is 470 g/mol. The van der Waals surface area contributed by atoms with Crippen molar-refractivity contribution < 1.29 is 22.7 Å². The number of nitrogens with zero attached hydrogens (tertiary/aromatic N) is 3. The second-order valence-electron chi connectivity index (χ2n) is 7.52. The van der Waals surface area contributed by atoms with Gasteiger partial charge in [0.25, 0.3) is 5.91 Å². The summed E-state index contributed by atoms with van der Waals surface area (Å²) < 4.78 is 39.5. The molecule has 0 saturated carbocycles. The first-order chi connectivity index (χ1) is 16.0. The van der Waals surface area contributed by atoms with E-state index in [1.165, 1.54) is 16.4 Å². The Kier molecular flexibility index (Phi) is 7.38. The average Bonchev–Trinajstić information content (AvgIpc) is 3.36. The molecule has 1 aliphatic rings. The predicted octanol–water partition coefficient (Wildman–Crippen LogP) is 1.76. The summed E-state index contributed by atoms with van der Waals surface area (Å²) in [6.07, 6.45) is 5.36. The van der Waals surface area contributed by atoms with Crippen molar-refractivity contribution in [2.24, 2.45) is 0 Å². The van der Waals surface area contributed by atoms with Gasteiger partial charge in [0, 0.05) is 37.6 Å². The molecule has 2 aromatic carbocycles. The van der Waals surface area contributed by atoms with Crippen LogP contribution in [0.5, 0.6) is 5.75 Å². The van der Waals surface area contributed by atoms with Crippen molar-refractivity contribution in [1.29, 1.82) is 0 Å². The minimum atomic E-state index is -3.53. The van der Waals surface area contributed by atoms with E-state index in [1.807, 2.05) is 22.9 Å². The topological polar surface area (TPSA) is 103 Å². The molecule has 174 valence electrons. The fourth-order valence-electron chi connectivity index (χ4n) is 3.43. The van der Waals surface area contributed by atoms with Crippen molar-refractivity contribution in [2.75, 3.05) is 39.5 Å². The summed E-state index contributed by atoms with van der Waals surface area (Å²) in [6, 6.07) is 13.7. The first-order valence-corrected chi connectivity index (χ1v) is 12.1. The van der Waals surface area contributed by atoms with Gasteiger partial charge in [0.2, 0.25) is 10.0 Å². The molecule has 0 aliphatic carbocycles. The van der Waals surface area contributed by atoms with Crippen LogP contribution < -0.4 is 10.1 Å². The number of imidazole rings is 1. The number of amides is 1. The number of hydrogen-bond donors (Lipinski definition) is 1. The smallest absolute Gasteiger partial charge is 0.251 e. The van der Waals surface area contributed by atoms with Crippen molar-refractivity contribution in [3.63, 3.8) is 0 Å². The van der Waals surface area contributed by atoms with Crippen molar-refractivity contribution in [3.8, 4) is 5.75 Å². The van der Waals surface area contributed by atoms with Crippen LogP contribution in [0.2, 0.25) is 0 Å². The highest BCUT2D eigenvalue weighted by molar-refractivity contribution is 7.89. The molecule has 0 atom stereocenters. The highest BCUT2D eigenvalue weighted by Gasteiger charge is 2.26. The molecule has 10 heteroatoms. The molecule has 3 aromatic rings. The van der Waals surface area contributed by atoms with Gasteiger partial charge in [0.1, 0.15) is 12.4 Å². The molecule has 9 nitrogen and oxygen atoms in total. The summed E-state index contributed by atoms with van der Waals surface area (Å²) in [5.74, 6) is 0.355. The largest absolute Gasteiger partial charge is 0.492 e. The maximum atomic E-state index is 12.6. The molecule has 4 rings (SSSR count). The molecule has 1 saturated heterocycles. The van der Waals surface area contributed by atoms with Gasteiger partial charge in [-0.25, -0.2) is 13.4 Å². The number of morpholine rings is 1. The van der Waals surface area contributed by atoms with E-state index in [9.17, 15) is 13.2 Å². The molecular formula is C23H26N4O5S. The maximum absolute atomic E-state index is 12.6. The van der Waals surface area contributed by atoms with Crippen LogP contribution in [-0.2, 0) is 21.3 Å². The molecule has 0 bridgehead atoms. The molecule has 33 heavy (non-hydrogen) atoms. The number of aromatic nitrogens is 2. The highest BCUT2D eigenvalue weighted by Crippen LogP contribution is 2.20. The summed E-state index contributed by atoms with van der Waals surface area (Å²) in [4.78, 5) is 16.6. The lowest BCUT2D eigenvalue weighted by Gasteiger charge is -2.26. The number of ether oxygens (including phenoxy) is 2. The summed E-state index contributed by atoms with van der Waals surface area (Å²) in [6.45, 7) is 2.80. The second-order valence-corrected chi connectivity index (χ2v) is 9.46. The van der Waals surface area contributed by atoms with Gasteiger partial charge in [-0.15, -0.1) is 0 Å². The standard InChI is InChI=1S/C23H26N4O5S/c28-23(20-3-1-19(2-4-20)17-26-11-9-24-18-26)25-10-14-32-21-5-7-22(8-6-21)33(29,30)27-12-15-31-16-13-27/h1-9,11,18H,10,12-17H2,(H,25,28). The Balaban J connectivity index is 1.22. The summed E-state index contributed by atoms with van der Waals surface area (Å²) in [7, 11) is -3.53. The van der Waals surface area contributed by atoms with E-state index in [2.05, 4.69) is 10.3 Å². The normalized spacial score (nSPS) is 14.7. The number of rotatable bonds is 9. The molecule has 0 radical (unpaired) electrons. The Morgan fingerprint density at radius 2 is 1.79 bits per heavy atom. The van der Waals surface area contributed by atoms with Gasteiger partial charge in [-0.05, 0) is 42.0 Å². The number of carbonyl (C=O) groups excluding carboxylic acids is 1. The average molecular weight is 471 g/mol. The highest BCUT2D eigenvalue weighted by atomic mass is 32.2. The van der Waals surface area contributed by atoms with Gasteiger partial charge in [-0.3, -0.25) is 4.79 Å². The molecule has 1 aromatic heterocycles. The molecule has 2 heterocycles. The Hall–Kier alpha value is -3.21. The predicted molar refractivity (Wildman–Crippen MR) is 122 cm³/mol. The van der Waals surface area contributed by atoms with Gasteiger partial charge in [-0.1, -0.05) is 12.1 Å². The van der Waals surface area contributed by atoms with Crippen molar-refractivity contribution in [1.82, 2.24) is 19.2 Å².